The number of nitro benzene ring substituents is 1. The molecule has 0 bridgehead atoms. The van der Waals surface area contributed by atoms with Crippen molar-refractivity contribution in [1.29, 1.82) is 0 Å². The summed E-state index contributed by atoms with van der Waals surface area (Å²) in [5, 5.41) is 13.3. The summed E-state index contributed by atoms with van der Waals surface area (Å²) in [5.74, 6) is 0.0587. The Morgan fingerprint density at radius 1 is 0.941 bits per heavy atom. The normalized spacial score (nSPS) is 14.2. The van der Waals surface area contributed by atoms with Gasteiger partial charge in [-0.25, -0.2) is 9.79 Å². The van der Waals surface area contributed by atoms with E-state index in [0.29, 0.717) is 23.5 Å². The third kappa shape index (κ3) is 4.40. The van der Waals surface area contributed by atoms with Crippen LogP contribution >= 0.6 is 0 Å². The summed E-state index contributed by atoms with van der Waals surface area (Å²) in [4.78, 5) is 27.1. The lowest BCUT2D eigenvalue weighted by Gasteiger charge is -2.09. The Bertz CT molecular complexity index is 1480. The van der Waals surface area contributed by atoms with E-state index in [0.717, 1.165) is 16.3 Å². The van der Waals surface area contributed by atoms with Crippen LogP contribution in [0.1, 0.15) is 16.7 Å². The molecule has 1 aliphatic rings. The molecular formula is C27H18N2O5. The van der Waals surface area contributed by atoms with Crippen LogP contribution in [0.4, 0.5) is 5.69 Å². The predicted octanol–water partition coefficient (Wildman–Crippen LogP) is 5.67. The maximum Gasteiger partial charge on any atom is 0.363 e. The number of carbonyl (C=O) groups excluding carboxylic acids is 1. The molecule has 0 spiro atoms. The molecule has 0 unspecified atom stereocenters. The van der Waals surface area contributed by atoms with Gasteiger partial charge in [0.2, 0.25) is 5.90 Å². The minimum atomic E-state index is -0.622. The molecular weight excluding hydrogens is 432 g/mol. The van der Waals surface area contributed by atoms with Crippen molar-refractivity contribution in [2.24, 2.45) is 4.99 Å². The number of hydrogen-bond acceptors (Lipinski definition) is 6. The lowest BCUT2D eigenvalue weighted by atomic mass is 10.1. The number of hydrogen-bond donors (Lipinski definition) is 0. The molecule has 0 atom stereocenters. The van der Waals surface area contributed by atoms with E-state index in [1.165, 1.54) is 18.2 Å². The fourth-order valence-electron chi connectivity index (χ4n) is 3.72. The van der Waals surface area contributed by atoms with Crippen LogP contribution in [0, 0.1) is 10.1 Å². The first-order chi connectivity index (χ1) is 16.6. The van der Waals surface area contributed by atoms with Crippen molar-refractivity contribution in [1.82, 2.24) is 0 Å². The summed E-state index contributed by atoms with van der Waals surface area (Å²) in [6, 6.07) is 27.3. The van der Waals surface area contributed by atoms with Gasteiger partial charge in [0.25, 0.3) is 5.69 Å². The van der Waals surface area contributed by atoms with E-state index >= 15 is 0 Å². The van der Waals surface area contributed by atoms with Crippen molar-refractivity contribution in [3.05, 3.63) is 123 Å². The number of nitro groups is 1. The number of aliphatic imine (C=N–C) groups is 1. The first-order valence-corrected chi connectivity index (χ1v) is 10.5. The van der Waals surface area contributed by atoms with E-state index < -0.39 is 10.9 Å². The largest absolute Gasteiger partial charge is 0.489 e. The zero-order chi connectivity index (χ0) is 23.5. The Balaban J connectivity index is 1.36. The SMILES string of the molecule is O=C1OC(c2cccc([N+](=O)[O-])c2)=N/C1=C/c1cccc(OCc2cccc3ccccc23)c1. The number of esters is 1. The zero-order valence-corrected chi connectivity index (χ0v) is 17.9. The summed E-state index contributed by atoms with van der Waals surface area (Å²) < 4.78 is 11.2. The number of cyclic esters (lactones) is 1. The maximum absolute atomic E-state index is 12.3. The van der Waals surface area contributed by atoms with Gasteiger partial charge in [0, 0.05) is 17.7 Å². The molecule has 0 aliphatic carbocycles. The Kier molecular flexibility index (Phi) is 5.58. The third-order valence-corrected chi connectivity index (χ3v) is 5.36. The number of non-ortho nitro benzene ring substituents is 1. The summed E-state index contributed by atoms with van der Waals surface area (Å²) in [6.07, 6.45) is 1.59. The zero-order valence-electron chi connectivity index (χ0n) is 17.9. The van der Waals surface area contributed by atoms with Gasteiger partial charge in [-0.3, -0.25) is 10.1 Å². The summed E-state index contributed by atoms with van der Waals surface area (Å²) in [5.41, 5.74) is 2.15. The molecule has 5 rings (SSSR count). The molecule has 0 saturated heterocycles. The Morgan fingerprint density at radius 3 is 2.62 bits per heavy atom. The molecule has 7 nitrogen and oxygen atoms in total. The summed E-state index contributed by atoms with van der Waals surface area (Å²) in [7, 11) is 0. The highest BCUT2D eigenvalue weighted by atomic mass is 16.6. The van der Waals surface area contributed by atoms with E-state index in [-0.39, 0.29) is 17.3 Å². The van der Waals surface area contributed by atoms with E-state index in [2.05, 4.69) is 23.2 Å². The average molecular weight is 450 g/mol. The van der Waals surface area contributed by atoms with Gasteiger partial charge >= 0.3 is 5.97 Å². The Hall–Kier alpha value is -4.78. The molecule has 1 heterocycles. The van der Waals surface area contributed by atoms with Crippen molar-refractivity contribution in [3.63, 3.8) is 0 Å². The molecule has 0 aromatic heterocycles. The topological polar surface area (TPSA) is 91.0 Å². The van der Waals surface area contributed by atoms with Gasteiger partial charge in [-0.1, -0.05) is 60.7 Å². The molecule has 0 fully saturated rings. The van der Waals surface area contributed by atoms with Gasteiger partial charge in [0.1, 0.15) is 12.4 Å². The second kappa shape index (κ2) is 8.99. The van der Waals surface area contributed by atoms with Gasteiger partial charge in [-0.05, 0) is 46.2 Å². The fourth-order valence-corrected chi connectivity index (χ4v) is 3.72. The number of benzene rings is 4. The predicted molar refractivity (Wildman–Crippen MR) is 128 cm³/mol. The van der Waals surface area contributed by atoms with Gasteiger partial charge in [-0.15, -0.1) is 0 Å². The van der Waals surface area contributed by atoms with E-state index in [1.807, 2.05) is 48.5 Å². The number of carbonyl (C=O) groups is 1. The third-order valence-electron chi connectivity index (χ3n) is 5.36. The molecule has 4 aromatic carbocycles. The van der Waals surface area contributed by atoms with Crippen LogP contribution in [0.25, 0.3) is 16.8 Å². The molecule has 0 N–H and O–H groups in total. The summed E-state index contributed by atoms with van der Waals surface area (Å²) in [6.45, 7) is 0.401. The van der Waals surface area contributed by atoms with Crippen molar-refractivity contribution in [2.45, 2.75) is 6.61 Å². The maximum atomic E-state index is 12.3. The molecule has 1 aliphatic heterocycles. The molecule has 4 aromatic rings. The van der Waals surface area contributed by atoms with Crippen LogP contribution in [0.5, 0.6) is 5.75 Å². The van der Waals surface area contributed by atoms with E-state index in [4.69, 9.17) is 9.47 Å². The van der Waals surface area contributed by atoms with Crippen LogP contribution < -0.4 is 4.74 Å². The summed E-state index contributed by atoms with van der Waals surface area (Å²) >= 11 is 0. The standard InChI is InChI=1S/C27H18N2O5/c30-27-25(28-26(34-27)20-9-5-11-22(16-20)29(31)32)15-18-6-3-12-23(14-18)33-17-21-10-4-8-19-7-1-2-13-24(19)21/h1-16H,17H2/b25-15+. The van der Waals surface area contributed by atoms with Crippen molar-refractivity contribution in [3.8, 4) is 5.75 Å². The molecule has 0 saturated carbocycles. The molecule has 0 radical (unpaired) electrons. The first kappa shape index (κ1) is 21.1. The quantitative estimate of drug-likeness (QED) is 0.163. The Labute approximate surface area is 194 Å². The van der Waals surface area contributed by atoms with E-state index in [1.54, 1.807) is 12.1 Å². The average Bonchev–Trinajstić information content (AvgIpc) is 3.23. The minimum absolute atomic E-state index is 0.0308. The second-order valence-corrected chi connectivity index (χ2v) is 7.64. The highest BCUT2D eigenvalue weighted by molar-refractivity contribution is 6.13. The number of rotatable bonds is 6. The van der Waals surface area contributed by atoms with Crippen LogP contribution in [0.15, 0.2) is 102 Å². The minimum Gasteiger partial charge on any atom is -0.489 e. The highest BCUT2D eigenvalue weighted by Gasteiger charge is 2.25. The second-order valence-electron chi connectivity index (χ2n) is 7.64. The van der Waals surface area contributed by atoms with Gasteiger partial charge in [0.15, 0.2) is 5.70 Å². The molecule has 34 heavy (non-hydrogen) atoms. The fraction of sp³-hybridized carbons (Fsp3) is 0.0370. The molecule has 166 valence electrons. The van der Waals surface area contributed by atoms with Crippen molar-refractivity contribution >= 4 is 34.4 Å². The lowest BCUT2D eigenvalue weighted by molar-refractivity contribution is -0.384. The smallest absolute Gasteiger partial charge is 0.363 e. The van der Waals surface area contributed by atoms with Crippen LogP contribution in [-0.4, -0.2) is 16.8 Å². The Morgan fingerprint density at radius 2 is 1.74 bits per heavy atom. The first-order valence-electron chi connectivity index (χ1n) is 10.5. The molecule has 7 heteroatoms. The number of nitrogens with zero attached hydrogens (tertiary/aromatic N) is 2. The lowest BCUT2D eigenvalue weighted by Crippen LogP contribution is -2.05. The van der Waals surface area contributed by atoms with Gasteiger partial charge < -0.3 is 9.47 Å². The van der Waals surface area contributed by atoms with Gasteiger partial charge in [-0.2, -0.15) is 0 Å². The van der Waals surface area contributed by atoms with Crippen LogP contribution in [0.2, 0.25) is 0 Å². The van der Waals surface area contributed by atoms with Crippen molar-refractivity contribution < 1.29 is 19.2 Å². The number of ether oxygens (including phenoxy) is 2. The monoisotopic (exact) mass is 450 g/mol. The number of fused-ring (bicyclic) bond motifs is 1. The highest BCUT2D eigenvalue weighted by Crippen LogP contribution is 2.24. The molecule has 0 amide bonds. The van der Waals surface area contributed by atoms with Crippen LogP contribution in [0.3, 0.4) is 0 Å². The van der Waals surface area contributed by atoms with Crippen LogP contribution in [-0.2, 0) is 16.1 Å². The van der Waals surface area contributed by atoms with Gasteiger partial charge in [0.05, 0.1) is 4.92 Å². The van der Waals surface area contributed by atoms with Crippen molar-refractivity contribution in [2.75, 3.05) is 0 Å². The van der Waals surface area contributed by atoms with E-state index in [9.17, 15) is 14.9 Å².